The maximum absolute atomic E-state index is 10.9. The zero-order valence-corrected chi connectivity index (χ0v) is 12.4. The lowest BCUT2D eigenvalue weighted by Crippen LogP contribution is -2.38. The third-order valence-electron chi connectivity index (χ3n) is 3.73. The molecule has 2 heterocycles. The van der Waals surface area contributed by atoms with E-state index in [0.717, 1.165) is 37.2 Å². The zero-order valence-electron chi connectivity index (χ0n) is 12.4. The van der Waals surface area contributed by atoms with Gasteiger partial charge in [-0.25, -0.2) is 4.79 Å². The van der Waals surface area contributed by atoms with Crippen LogP contribution in [0.5, 0.6) is 5.75 Å². The number of aromatic carboxylic acids is 1. The third-order valence-corrected chi connectivity index (χ3v) is 3.73. The summed E-state index contributed by atoms with van der Waals surface area (Å²) in [7, 11) is 2.09. The van der Waals surface area contributed by atoms with Crippen LogP contribution in [-0.4, -0.2) is 47.4 Å². The van der Waals surface area contributed by atoms with E-state index in [0.29, 0.717) is 5.76 Å². The fourth-order valence-corrected chi connectivity index (χ4v) is 2.64. The SMILES string of the molecule is CN1CCCC(Oc2cccc(-c3cc(C(=O)O)no3)c2)C1. The van der Waals surface area contributed by atoms with Gasteiger partial charge in [0.1, 0.15) is 11.9 Å². The van der Waals surface area contributed by atoms with Crippen LogP contribution in [0.4, 0.5) is 0 Å². The van der Waals surface area contributed by atoms with Crippen molar-refractivity contribution < 1.29 is 19.2 Å². The molecule has 0 aliphatic carbocycles. The second-order valence-electron chi connectivity index (χ2n) is 5.55. The zero-order chi connectivity index (χ0) is 15.5. The van der Waals surface area contributed by atoms with E-state index < -0.39 is 5.97 Å². The number of likely N-dealkylation sites (N-methyl/N-ethyl adjacent to an activating group) is 1. The number of benzene rings is 1. The van der Waals surface area contributed by atoms with Gasteiger partial charge in [-0.2, -0.15) is 0 Å². The van der Waals surface area contributed by atoms with Crippen molar-refractivity contribution in [3.05, 3.63) is 36.0 Å². The van der Waals surface area contributed by atoms with Gasteiger partial charge in [-0.15, -0.1) is 0 Å². The highest BCUT2D eigenvalue weighted by atomic mass is 16.5. The first kappa shape index (κ1) is 14.6. The van der Waals surface area contributed by atoms with Gasteiger partial charge >= 0.3 is 5.97 Å². The smallest absolute Gasteiger partial charge is 0.358 e. The molecule has 1 aliphatic heterocycles. The molecule has 116 valence electrons. The molecule has 0 amide bonds. The number of carboxylic acid groups (broad SMARTS) is 1. The van der Waals surface area contributed by atoms with Crippen LogP contribution in [0.1, 0.15) is 23.3 Å². The fraction of sp³-hybridized carbons (Fsp3) is 0.375. The number of piperidine rings is 1. The number of aromatic nitrogens is 1. The van der Waals surface area contributed by atoms with E-state index >= 15 is 0 Å². The van der Waals surface area contributed by atoms with Gasteiger partial charge in [0.25, 0.3) is 0 Å². The monoisotopic (exact) mass is 302 g/mol. The van der Waals surface area contributed by atoms with Crippen LogP contribution in [0.2, 0.25) is 0 Å². The number of likely N-dealkylation sites (tertiary alicyclic amines) is 1. The van der Waals surface area contributed by atoms with E-state index in [1.807, 2.05) is 24.3 Å². The van der Waals surface area contributed by atoms with Gasteiger partial charge in [-0.05, 0) is 38.6 Å². The molecule has 1 aromatic carbocycles. The summed E-state index contributed by atoms with van der Waals surface area (Å²) in [6.45, 7) is 2.02. The van der Waals surface area contributed by atoms with Gasteiger partial charge in [0, 0.05) is 18.2 Å². The highest BCUT2D eigenvalue weighted by Gasteiger charge is 2.19. The predicted molar refractivity (Wildman–Crippen MR) is 80.0 cm³/mol. The van der Waals surface area contributed by atoms with Crippen molar-refractivity contribution in [2.24, 2.45) is 0 Å². The minimum Gasteiger partial charge on any atom is -0.489 e. The van der Waals surface area contributed by atoms with Crippen molar-refractivity contribution in [2.45, 2.75) is 18.9 Å². The fourth-order valence-electron chi connectivity index (χ4n) is 2.64. The van der Waals surface area contributed by atoms with Crippen molar-refractivity contribution in [1.29, 1.82) is 0 Å². The molecule has 0 radical (unpaired) electrons. The molecular formula is C16H18N2O4. The summed E-state index contributed by atoms with van der Waals surface area (Å²) in [4.78, 5) is 13.1. The molecule has 1 atom stereocenters. The number of rotatable bonds is 4. The maximum atomic E-state index is 10.9. The van der Waals surface area contributed by atoms with Crippen molar-refractivity contribution in [2.75, 3.05) is 20.1 Å². The predicted octanol–water partition coefficient (Wildman–Crippen LogP) is 2.51. The maximum Gasteiger partial charge on any atom is 0.358 e. The van der Waals surface area contributed by atoms with E-state index in [2.05, 4.69) is 17.1 Å². The molecule has 0 spiro atoms. The Morgan fingerprint density at radius 2 is 2.32 bits per heavy atom. The molecule has 1 aromatic heterocycles. The largest absolute Gasteiger partial charge is 0.489 e. The van der Waals surface area contributed by atoms with Crippen molar-refractivity contribution >= 4 is 5.97 Å². The average molecular weight is 302 g/mol. The Morgan fingerprint density at radius 3 is 3.05 bits per heavy atom. The number of hydrogen-bond donors (Lipinski definition) is 1. The van der Waals surface area contributed by atoms with Crippen LogP contribution in [0.3, 0.4) is 0 Å². The third kappa shape index (κ3) is 3.28. The normalized spacial score (nSPS) is 19.0. The summed E-state index contributed by atoms with van der Waals surface area (Å²) in [6.07, 6.45) is 2.35. The van der Waals surface area contributed by atoms with Gasteiger partial charge in [0.2, 0.25) is 0 Å². The van der Waals surface area contributed by atoms with Gasteiger partial charge in [-0.1, -0.05) is 17.3 Å². The van der Waals surface area contributed by atoms with Gasteiger partial charge < -0.3 is 19.3 Å². The summed E-state index contributed by atoms with van der Waals surface area (Å²) in [6, 6.07) is 8.86. The molecule has 1 unspecified atom stereocenters. The van der Waals surface area contributed by atoms with E-state index in [1.165, 1.54) is 6.07 Å². The highest BCUT2D eigenvalue weighted by molar-refractivity contribution is 5.86. The first-order valence-electron chi connectivity index (χ1n) is 7.27. The lowest BCUT2D eigenvalue weighted by atomic mass is 10.1. The Hall–Kier alpha value is -2.34. The number of carboxylic acids is 1. The van der Waals surface area contributed by atoms with Crippen molar-refractivity contribution in [3.63, 3.8) is 0 Å². The van der Waals surface area contributed by atoms with Gasteiger partial charge in [0.15, 0.2) is 11.5 Å². The Bertz CT molecular complexity index is 668. The van der Waals surface area contributed by atoms with E-state index in [4.69, 9.17) is 14.4 Å². The van der Waals surface area contributed by atoms with E-state index in [9.17, 15) is 4.79 Å². The number of hydrogen-bond acceptors (Lipinski definition) is 5. The van der Waals surface area contributed by atoms with Crippen LogP contribution in [0.15, 0.2) is 34.9 Å². The Morgan fingerprint density at radius 1 is 1.45 bits per heavy atom. The summed E-state index contributed by atoms with van der Waals surface area (Å²) in [5, 5.41) is 12.4. The molecule has 1 N–H and O–H groups in total. The molecule has 1 aliphatic rings. The second kappa shape index (κ2) is 6.19. The number of carbonyl (C=O) groups is 1. The summed E-state index contributed by atoms with van der Waals surface area (Å²) in [5.74, 6) is 0.0716. The molecule has 0 bridgehead atoms. The van der Waals surface area contributed by atoms with E-state index in [-0.39, 0.29) is 11.8 Å². The minimum absolute atomic E-state index is 0.102. The lowest BCUT2D eigenvalue weighted by Gasteiger charge is -2.30. The Balaban J connectivity index is 1.75. The molecule has 1 saturated heterocycles. The molecule has 3 rings (SSSR count). The summed E-state index contributed by atoms with van der Waals surface area (Å²) >= 11 is 0. The first-order chi connectivity index (χ1) is 10.6. The highest BCUT2D eigenvalue weighted by Crippen LogP contribution is 2.26. The van der Waals surface area contributed by atoms with Crippen LogP contribution < -0.4 is 4.74 Å². The molecule has 1 fully saturated rings. The van der Waals surface area contributed by atoms with Crippen LogP contribution >= 0.6 is 0 Å². The molecule has 6 nitrogen and oxygen atoms in total. The summed E-state index contributed by atoms with van der Waals surface area (Å²) in [5.41, 5.74) is 0.650. The molecule has 2 aromatic rings. The summed E-state index contributed by atoms with van der Waals surface area (Å²) < 4.78 is 11.1. The molecule has 6 heteroatoms. The Kier molecular flexibility index (Phi) is 4.11. The molecular weight excluding hydrogens is 284 g/mol. The quantitative estimate of drug-likeness (QED) is 0.935. The minimum atomic E-state index is -1.10. The van der Waals surface area contributed by atoms with Gasteiger partial charge in [0.05, 0.1) is 0 Å². The number of nitrogens with zero attached hydrogens (tertiary/aromatic N) is 2. The average Bonchev–Trinajstić information content (AvgIpc) is 2.97. The topological polar surface area (TPSA) is 75.8 Å². The Labute approximate surface area is 128 Å². The second-order valence-corrected chi connectivity index (χ2v) is 5.55. The molecule has 22 heavy (non-hydrogen) atoms. The number of ether oxygens (including phenoxy) is 1. The van der Waals surface area contributed by atoms with Gasteiger partial charge in [-0.3, -0.25) is 0 Å². The van der Waals surface area contributed by atoms with Crippen molar-refractivity contribution in [1.82, 2.24) is 10.1 Å². The van der Waals surface area contributed by atoms with Crippen LogP contribution in [0, 0.1) is 0 Å². The lowest BCUT2D eigenvalue weighted by molar-refractivity contribution is 0.0685. The van der Waals surface area contributed by atoms with Crippen LogP contribution in [-0.2, 0) is 0 Å². The van der Waals surface area contributed by atoms with Crippen molar-refractivity contribution in [3.8, 4) is 17.1 Å². The first-order valence-corrected chi connectivity index (χ1v) is 7.27. The van der Waals surface area contributed by atoms with Crippen LogP contribution in [0.25, 0.3) is 11.3 Å². The standard InChI is InChI=1S/C16H18N2O4/c1-18-7-3-6-13(10-18)21-12-5-2-4-11(8-12)15-9-14(16(19)20)17-22-15/h2,4-5,8-9,13H,3,6-7,10H2,1H3,(H,19,20). The molecule has 0 saturated carbocycles. The van der Waals surface area contributed by atoms with E-state index in [1.54, 1.807) is 0 Å².